The van der Waals surface area contributed by atoms with E-state index in [1.54, 1.807) is 50.6 Å². The second-order valence-electron chi connectivity index (χ2n) is 7.00. The first-order valence-electron chi connectivity index (χ1n) is 9.74. The smallest absolute Gasteiger partial charge is 0.248 e. The Bertz CT molecular complexity index is 1270. The molecule has 4 aromatic rings. The van der Waals surface area contributed by atoms with Crippen LogP contribution in [0.1, 0.15) is 11.1 Å². The summed E-state index contributed by atoms with van der Waals surface area (Å²) >= 11 is 0. The van der Waals surface area contributed by atoms with E-state index in [9.17, 15) is 4.79 Å². The van der Waals surface area contributed by atoms with Crippen LogP contribution in [0.3, 0.4) is 0 Å². The second-order valence-corrected chi connectivity index (χ2v) is 7.00. The SMILES string of the molecule is COc1ccc(OC)c(/C=C/C(=O)Nc2ccc3nc(-c4cccc(C)c4)oc3c2)c1. The third-order valence-electron chi connectivity index (χ3n) is 4.77. The summed E-state index contributed by atoms with van der Waals surface area (Å²) in [4.78, 5) is 17.0. The van der Waals surface area contributed by atoms with Crippen molar-refractivity contribution in [1.29, 1.82) is 0 Å². The third-order valence-corrected chi connectivity index (χ3v) is 4.77. The van der Waals surface area contributed by atoms with Crippen LogP contribution in [0.4, 0.5) is 5.69 Å². The van der Waals surface area contributed by atoms with Crippen molar-refractivity contribution in [2.24, 2.45) is 0 Å². The molecule has 6 nitrogen and oxygen atoms in total. The van der Waals surface area contributed by atoms with Gasteiger partial charge in [-0.25, -0.2) is 4.98 Å². The molecule has 0 unspecified atom stereocenters. The molecule has 1 aromatic heterocycles. The molecule has 1 N–H and O–H groups in total. The van der Waals surface area contributed by atoms with Crippen molar-refractivity contribution in [2.75, 3.05) is 19.5 Å². The molecule has 3 aromatic carbocycles. The minimum atomic E-state index is -0.275. The predicted molar refractivity (Wildman–Crippen MR) is 121 cm³/mol. The number of carbonyl (C=O) groups is 1. The molecule has 1 amide bonds. The number of oxazole rings is 1. The van der Waals surface area contributed by atoms with Crippen molar-refractivity contribution in [1.82, 2.24) is 4.98 Å². The van der Waals surface area contributed by atoms with Gasteiger partial charge in [0.15, 0.2) is 5.58 Å². The highest BCUT2D eigenvalue weighted by Gasteiger charge is 2.10. The average Bonchev–Trinajstić information content (AvgIpc) is 3.21. The van der Waals surface area contributed by atoms with Crippen LogP contribution >= 0.6 is 0 Å². The lowest BCUT2D eigenvalue weighted by molar-refractivity contribution is -0.111. The Kier molecular flexibility index (Phi) is 5.71. The zero-order valence-corrected chi connectivity index (χ0v) is 17.5. The number of amides is 1. The zero-order chi connectivity index (χ0) is 21.8. The number of rotatable bonds is 6. The van der Waals surface area contributed by atoms with Gasteiger partial charge in [-0.15, -0.1) is 0 Å². The summed E-state index contributed by atoms with van der Waals surface area (Å²) in [7, 11) is 3.17. The number of hydrogen-bond acceptors (Lipinski definition) is 5. The monoisotopic (exact) mass is 414 g/mol. The molecule has 4 rings (SSSR count). The fourth-order valence-electron chi connectivity index (χ4n) is 3.22. The highest BCUT2D eigenvalue weighted by molar-refractivity contribution is 6.03. The minimum Gasteiger partial charge on any atom is -0.497 e. The van der Waals surface area contributed by atoms with Gasteiger partial charge >= 0.3 is 0 Å². The van der Waals surface area contributed by atoms with E-state index in [0.29, 0.717) is 28.7 Å². The van der Waals surface area contributed by atoms with E-state index in [4.69, 9.17) is 13.9 Å². The number of carbonyl (C=O) groups excluding carboxylic acids is 1. The van der Waals surface area contributed by atoms with Gasteiger partial charge in [-0.2, -0.15) is 0 Å². The number of ether oxygens (including phenoxy) is 2. The Labute approximate surface area is 180 Å². The van der Waals surface area contributed by atoms with Crippen LogP contribution in [-0.4, -0.2) is 25.1 Å². The van der Waals surface area contributed by atoms with Gasteiger partial charge in [0.25, 0.3) is 0 Å². The molecule has 0 saturated carbocycles. The maximum atomic E-state index is 12.4. The molecule has 1 heterocycles. The van der Waals surface area contributed by atoms with Crippen molar-refractivity contribution in [3.63, 3.8) is 0 Å². The number of methoxy groups -OCH3 is 2. The second kappa shape index (κ2) is 8.75. The fourth-order valence-corrected chi connectivity index (χ4v) is 3.22. The van der Waals surface area contributed by atoms with Crippen LogP contribution in [0, 0.1) is 6.92 Å². The maximum absolute atomic E-state index is 12.4. The summed E-state index contributed by atoms with van der Waals surface area (Å²) < 4.78 is 16.5. The standard InChI is InChI=1S/C25H22N2O4/c1-16-5-4-6-18(13-16)25-27-21-10-8-19(15-23(21)31-25)26-24(28)12-7-17-14-20(29-2)9-11-22(17)30-3/h4-15H,1-3H3,(H,26,28)/b12-7+. The maximum Gasteiger partial charge on any atom is 0.248 e. The number of nitrogens with one attached hydrogen (secondary N) is 1. The molecule has 0 bridgehead atoms. The van der Waals surface area contributed by atoms with E-state index in [-0.39, 0.29) is 5.91 Å². The van der Waals surface area contributed by atoms with E-state index >= 15 is 0 Å². The van der Waals surface area contributed by atoms with Gasteiger partial charge in [-0.1, -0.05) is 17.7 Å². The number of nitrogens with zero attached hydrogens (tertiary/aromatic N) is 1. The largest absolute Gasteiger partial charge is 0.497 e. The highest BCUT2D eigenvalue weighted by atomic mass is 16.5. The number of fused-ring (bicyclic) bond motifs is 1. The van der Waals surface area contributed by atoms with Gasteiger partial charge in [0.2, 0.25) is 11.8 Å². The van der Waals surface area contributed by atoms with Crippen molar-refractivity contribution in [2.45, 2.75) is 6.92 Å². The zero-order valence-electron chi connectivity index (χ0n) is 17.5. The van der Waals surface area contributed by atoms with E-state index in [0.717, 1.165) is 22.2 Å². The van der Waals surface area contributed by atoms with Crippen LogP contribution in [0.2, 0.25) is 0 Å². The highest BCUT2D eigenvalue weighted by Crippen LogP contribution is 2.27. The predicted octanol–water partition coefficient (Wildman–Crippen LogP) is 5.47. The number of aryl methyl sites for hydroxylation is 1. The van der Waals surface area contributed by atoms with Gasteiger partial charge in [-0.3, -0.25) is 4.79 Å². The first kappa shape index (κ1) is 20.2. The molecule has 31 heavy (non-hydrogen) atoms. The van der Waals surface area contributed by atoms with Crippen LogP contribution in [0.25, 0.3) is 28.6 Å². The first-order chi connectivity index (χ1) is 15.1. The Hall–Kier alpha value is -4.06. The van der Waals surface area contributed by atoms with Crippen LogP contribution in [0.5, 0.6) is 11.5 Å². The molecular weight excluding hydrogens is 392 g/mol. The molecule has 0 spiro atoms. The third kappa shape index (κ3) is 4.59. The molecule has 0 radical (unpaired) electrons. The summed E-state index contributed by atoms with van der Waals surface area (Å²) in [5, 5.41) is 2.84. The summed E-state index contributed by atoms with van der Waals surface area (Å²) in [6.45, 7) is 2.02. The van der Waals surface area contributed by atoms with Gasteiger partial charge < -0.3 is 19.2 Å². The molecule has 6 heteroatoms. The van der Waals surface area contributed by atoms with Crippen LogP contribution in [0.15, 0.2) is 71.2 Å². The Morgan fingerprint density at radius 1 is 1.03 bits per heavy atom. The van der Waals surface area contributed by atoms with E-state index in [1.807, 2.05) is 37.3 Å². The first-order valence-corrected chi connectivity index (χ1v) is 9.74. The average molecular weight is 414 g/mol. The van der Waals surface area contributed by atoms with E-state index < -0.39 is 0 Å². The Morgan fingerprint density at radius 2 is 1.90 bits per heavy atom. The number of anilines is 1. The normalized spacial score (nSPS) is 11.1. The summed E-state index contributed by atoms with van der Waals surface area (Å²) in [5.74, 6) is 1.60. The number of aromatic nitrogens is 1. The topological polar surface area (TPSA) is 73.6 Å². The molecule has 156 valence electrons. The van der Waals surface area contributed by atoms with Crippen molar-refractivity contribution >= 4 is 28.8 Å². The van der Waals surface area contributed by atoms with Gasteiger partial charge in [0.1, 0.15) is 17.0 Å². The van der Waals surface area contributed by atoms with Crippen molar-refractivity contribution in [3.8, 4) is 23.0 Å². The van der Waals surface area contributed by atoms with Crippen LogP contribution in [-0.2, 0) is 4.79 Å². The lowest BCUT2D eigenvalue weighted by atomic mass is 10.1. The van der Waals surface area contributed by atoms with Crippen LogP contribution < -0.4 is 14.8 Å². The molecule has 0 aliphatic carbocycles. The van der Waals surface area contributed by atoms with Crippen molar-refractivity contribution in [3.05, 3.63) is 77.9 Å². The molecule has 0 aliphatic rings. The number of benzene rings is 3. The lowest BCUT2D eigenvalue weighted by Crippen LogP contribution is -2.07. The Morgan fingerprint density at radius 3 is 2.68 bits per heavy atom. The van der Waals surface area contributed by atoms with E-state index in [2.05, 4.69) is 10.3 Å². The molecule has 0 aliphatic heterocycles. The summed E-state index contributed by atoms with van der Waals surface area (Å²) in [6, 6.07) is 18.7. The van der Waals surface area contributed by atoms with Gasteiger partial charge in [-0.05, 0) is 55.5 Å². The molecular formula is C25H22N2O4. The fraction of sp³-hybridized carbons (Fsp3) is 0.120. The Balaban J connectivity index is 1.52. The van der Waals surface area contributed by atoms with Gasteiger partial charge in [0.05, 0.1) is 14.2 Å². The molecule has 0 saturated heterocycles. The summed E-state index contributed by atoms with van der Waals surface area (Å²) in [5.41, 5.74) is 4.74. The quantitative estimate of drug-likeness (QED) is 0.423. The molecule has 0 atom stereocenters. The minimum absolute atomic E-state index is 0.275. The van der Waals surface area contributed by atoms with Gasteiger partial charge in [0, 0.05) is 29.0 Å². The lowest BCUT2D eigenvalue weighted by Gasteiger charge is -2.07. The van der Waals surface area contributed by atoms with Crippen molar-refractivity contribution < 1.29 is 18.7 Å². The molecule has 0 fully saturated rings. The summed E-state index contributed by atoms with van der Waals surface area (Å²) in [6.07, 6.45) is 3.12. The van der Waals surface area contributed by atoms with E-state index in [1.165, 1.54) is 6.08 Å². The number of hydrogen-bond donors (Lipinski definition) is 1.